The summed E-state index contributed by atoms with van der Waals surface area (Å²) >= 11 is 0. The van der Waals surface area contributed by atoms with Gasteiger partial charge < -0.3 is 14.7 Å². The summed E-state index contributed by atoms with van der Waals surface area (Å²) in [5.74, 6) is 0.522. The summed E-state index contributed by atoms with van der Waals surface area (Å²) in [5, 5.41) is 11.7. The lowest BCUT2D eigenvalue weighted by molar-refractivity contribution is 0.0149. The number of benzene rings is 2. The van der Waals surface area contributed by atoms with Crippen LogP contribution in [0.4, 0.5) is 4.39 Å². The van der Waals surface area contributed by atoms with Gasteiger partial charge in [-0.2, -0.15) is 0 Å². The van der Waals surface area contributed by atoms with Crippen molar-refractivity contribution in [3.05, 3.63) is 71.0 Å². The quantitative estimate of drug-likeness (QED) is 0.746. The number of aliphatic hydroxyl groups is 1. The summed E-state index contributed by atoms with van der Waals surface area (Å²) in [7, 11) is 5.63. The van der Waals surface area contributed by atoms with E-state index in [4.69, 9.17) is 4.74 Å². The molecule has 146 valence electrons. The minimum Gasteiger partial charge on any atom is -0.497 e. The van der Waals surface area contributed by atoms with Crippen LogP contribution in [0.5, 0.6) is 5.75 Å². The van der Waals surface area contributed by atoms with Crippen LogP contribution in [0, 0.1) is 11.7 Å². The lowest BCUT2D eigenvalue weighted by Crippen LogP contribution is -2.44. The van der Waals surface area contributed by atoms with Crippen molar-refractivity contribution in [2.45, 2.75) is 25.9 Å². The molecule has 2 atom stereocenters. The van der Waals surface area contributed by atoms with Crippen LogP contribution in [-0.2, 0) is 6.42 Å². The van der Waals surface area contributed by atoms with Crippen molar-refractivity contribution in [3.8, 4) is 5.75 Å². The number of hydrogen-bond acceptors (Lipinski definition) is 3. The van der Waals surface area contributed by atoms with Crippen LogP contribution in [0.25, 0.3) is 6.08 Å². The summed E-state index contributed by atoms with van der Waals surface area (Å²) < 4.78 is 18.5. The van der Waals surface area contributed by atoms with E-state index in [9.17, 15) is 9.50 Å². The molecule has 0 bridgehead atoms. The van der Waals surface area contributed by atoms with Gasteiger partial charge in [-0.3, -0.25) is 0 Å². The molecule has 1 N–H and O–H groups in total. The van der Waals surface area contributed by atoms with Gasteiger partial charge in [0.05, 0.1) is 12.7 Å². The molecule has 0 radical (unpaired) electrons. The van der Waals surface area contributed by atoms with Gasteiger partial charge in [0, 0.05) is 18.9 Å². The molecule has 3 nitrogen and oxygen atoms in total. The predicted molar refractivity (Wildman–Crippen MR) is 109 cm³/mol. The zero-order valence-corrected chi connectivity index (χ0v) is 16.9. The standard InChI is InChI=1S/C23H30FNO2/c1-17(14-19-8-12-22(27-5)13-9-19)23(26,18(2)16-25(3)4)15-20-6-10-21(24)11-7-20/h6-14,18,26H,15-16H2,1-5H3. The van der Waals surface area contributed by atoms with E-state index in [1.165, 1.54) is 12.1 Å². The van der Waals surface area contributed by atoms with E-state index in [0.29, 0.717) is 6.42 Å². The SMILES string of the molecule is COc1ccc(C=C(C)C(O)(Cc2ccc(F)cc2)C(C)CN(C)C)cc1. The summed E-state index contributed by atoms with van der Waals surface area (Å²) in [4.78, 5) is 2.07. The Morgan fingerprint density at radius 2 is 1.74 bits per heavy atom. The normalized spacial score (nSPS) is 15.5. The van der Waals surface area contributed by atoms with Crippen LogP contribution in [0.2, 0.25) is 0 Å². The number of nitrogens with zero attached hydrogens (tertiary/aromatic N) is 1. The Kier molecular flexibility index (Phi) is 7.17. The Bertz CT molecular complexity index is 753. The van der Waals surface area contributed by atoms with Gasteiger partial charge in [-0.25, -0.2) is 4.39 Å². The lowest BCUT2D eigenvalue weighted by atomic mass is 9.77. The molecule has 0 aliphatic rings. The largest absolute Gasteiger partial charge is 0.497 e. The predicted octanol–water partition coefficient (Wildman–Crippen LogP) is 4.41. The molecule has 0 amide bonds. The molecule has 0 aromatic heterocycles. The zero-order chi connectivity index (χ0) is 20.0. The Balaban J connectivity index is 2.36. The van der Waals surface area contributed by atoms with Gasteiger partial charge in [0.15, 0.2) is 0 Å². The molecule has 2 unspecified atom stereocenters. The topological polar surface area (TPSA) is 32.7 Å². The van der Waals surface area contributed by atoms with Gasteiger partial charge in [-0.1, -0.05) is 37.3 Å². The van der Waals surface area contributed by atoms with Crippen LogP contribution in [0.15, 0.2) is 54.1 Å². The van der Waals surface area contributed by atoms with E-state index in [2.05, 4.69) is 11.8 Å². The van der Waals surface area contributed by atoms with Crippen LogP contribution in [-0.4, -0.2) is 43.4 Å². The molecule has 4 heteroatoms. The molecular weight excluding hydrogens is 341 g/mol. The van der Waals surface area contributed by atoms with Crippen molar-refractivity contribution in [2.75, 3.05) is 27.7 Å². The number of rotatable bonds is 8. The van der Waals surface area contributed by atoms with Crippen molar-refractivity contribution >= 4 is 6.08 Å². The molecule has 2 aromatic rings. The fraction of sp³-hybridized carbons (Fsp3) is 0.391. The van der Waals surface area contributed by atoms with E-state index in [-0.39, 0.29) is 11.7 Å². The van der Waals surface area contributed by atoms with Crippen molar-refractivity contribution in [2.24, 2.45) is 5.92 Å². The third kappa shape index (κ3) is 5.65. The van der Waals surface area contributed by atoms with Crippen LogP contribution in [0.1, 0.15) is 25.0 Å². The number of hydrogen-bond donors (Lipinski definition) is 1. The first-order chi connectivity index (χ1) is 12.7. The zero-order valence-electron chi connectivity index (χ0n) is 16.9. The van der Waals surface area contributed by atoms with Crippen LogP contribution >= 0.6 is 0 Å². The second kappa shape index (κ2) is 9.16. The van der Waals surface area contributed by atoms with Crippen molar-refractivity contribution in [1.82, 2.24) is 4.90 Å². The molecule has 27 heavy (non-hydrogen) atoms. The molecule has 2 aromatic carbocycles. The smallest absolute Gasteiger partial charge is 0.123 e. The first-order valence-electron chi connectivity index (χ1n) is 9.19. The monoisotopic (exact) mass is 371 g/mol. The highest BCUT2D eigenvalue weighted by Gasteiger charge is 2.36. The maximum absolute atomic E-state index is 13.3. The Morgan fingerprint density at radius 1 is 1.15 bits per heavy atom. The highest BCUT2D eigenvalue weighted by molar-refractivity contribution is 5.56. The van der Waals surface area contributed by atoms with Gasteiger partial charge in [0.25, 0.3) is 0 Å². The Labute approximate surface area is 162 Å². The molecular formula is C23H30FNO2. The van der Waals surface area contributed by atoms with E-state index in [0.717, 1.165) is 29.0 Å². The minimum atomic E-state index is -1.04. The first kappa shape index (κ1) is 21.1. The highest BCUT2D eigenvalue weighted by atomic mass is 19.1. The van der Waals surface area contributed by atoms with Gasteiger partial charge in [-0.15, -0.1) is 0 Å². The molecule has 0 spiro atoms. The molecule has 2 rings (SSSR count). The second-order valence-corrected chi connectivity index (χ2v) is 7.49. The van der Waals surface area contributed by atoms with E-state index in [1.807, 2.05) is 51.4 Å². The van der Waals surface area contributed by atoms with Gasteiger partial charge in [-0.05, 0) is 62.0 Å². The molecule has 0 saturated carbocycles. The highest BCUT2D eigenvalue weighted by Crippen LogP contribution is 2.32. The van der Waals surface area contributed by atoms with E-state index in [1.54, 1.807) is 19.2 Å². The Morgan fingerprint density at radius 3 is 2.26 bits per heavy atom. The average Bonchev–Trinajstić information content (AvgIpc) is 2.63. The molecule has 0 fully saturated rings. The van der Waals surface area contributed by atoms with Crippen molar-refractivity contribution in [3.63, 3.8) is 0 Å². The van der Waals surface area contributed by atoms with Gasteiger partial charge >= 0.3 is 0 Å². The fourth-order valence-electron chi connectivity index (χ4n) is 3.39. The number of halogens is 1. The summed E-state index contributed by atoms with van der Waals surface area (Å²) in [5.41, 5.74) is 1.75. The van der Waals surface area contributed by atoms with E-state index < -0.39 is 5.60 Å². The van der Waals surface area contributed by atoms with Crippen molar-refractivity contribution < 1.29 is 14.2 Å². The maximum atomic E-state index is 13.3. The molecule has 0 aliphatic carbocycles. The third-order valence-electron chi connectivity index (χ3n) is 5.02. The average molecular weight is 371 g/mol. The first-order valence-corrected chi connectivity index (χ1v) is 9.19. The summed E-state index contributed by atoms with van der Waals surface area (Å²) in [6.45, 7) is 4.75. The Hall–Kier alpha value is -2.17. The maximum Gasteiger partial charge on any atom is 0.123 e. The fourth-order valence-corrected chi connectivity index (χ4v) is 3.39. The van der Waals surface area contributed by atoms with E-state index >= 15 is 0 Å². The van der Waals surface area contributed by atoms with Crippen LogP contribution in [0.3, 0.4) is 0 Å². The lowest BCUT2D eigenvalue weighted by Gasteiger charge is -2.37. The van der Waals surface area contributed by atoms with Gasteiger partial charge in [0.1, 0.15) is 11.6 Å². The van der Waals surface area contributed by atoms with Crippen molar-refractivity contribution in [1.29, 1.82) is 0 Å². The second-order valence-electron chi connectivity index (χ2n) is 7.49. The summed E-state index contributed by atoms with van der Waals surface area (Å²) in [6, 6.07) is 14.1. The third-order valence-corrected chi connectivity index (χ3v) is 5.02. The summed E-state index contributed by atoms with van der Waals surface area (Å²) in [6.07, 6.45) is 2.44. The van der Waals surface area contributed by atoms with Gasteiger partial charge in [0.2, 0.25) is 0 Å². The molecule has 0 heterocycles. The minimum absolute atomic E-state index is 0.00736. The molecule has 0 saturated heterocycles. The molecule has 0 aliphatic heterocycles. The van der Waals surface area contributed by atoms with Crippen LogP contribution < -0.4 is 4.74 Å². The number of ether oxygens (including phenoxy) is 1. The number of methoxy groups -OCH3 is 1.